The molecule has 0 radical (unpaired) electrons. The molecule has 24 heavy (non-hydrogen) atoms. The van der Waals surface area contributed by atoms with E-state index < -0.39 is 18.3 Å². The Morgan fingerprint density at radius 1 is 1.29 bits per heavy atom. The minimum atomic E-state index is -0.805. The van der Waals surface area contributed by atoms with Crippen molar-refractivity contribution in [3.8, 4) is 5.75 Å². The molecular formula is C16H23N3O5. The van der Waals surface area contributed by atoms with E-state index in [2.05, 4.69) is 16.2 Å². The van der Waals surface area contributed by atoms with E-state index >= 15 is 0 Å². The molecule has 0 spiro atoms. The Labute approximate surface area is 140 Å². The van der Waals surface area contributed by atoms with Gasteiger partial charge in [0.1, 0.15) is 18.0 Å². The molecule has 1 aliphatic rings. The number of nitrogens with one attached hydrogen (secondary N) is 3. The van der Waals surface area contributed by atoms with Crippen molar-refractivity contribution in [1.82, 2.24) is 16.2 Å². The molecule has 1 saturated heterocycles. The number of methoxy groups -OCH3 is 1. The molecule has 1 heterocycles. The summed E-state index contributed by atoms with van der Waals surface area (Å²) in [5, 5.41) is 13.2. The first-order valence-electron chi connectivity index (χ1n) is 7.83. The van der Waals surface area contributed by atoms with E-state index in [9.17, 15) is 14.7 Å². The van der Waals surface area contributed by atoms with Gasteiger partial charge in [-0.1, -0.05) is 19.1 Å². The molecule has 2 amide bonds. The van der Waals surface area contributed by atoms with Crippen molar-refractivity contribution >= 4 is 12.0 Å². The van der Waals surface area contributed by atoms with Crippen LogP contribution in [0.25, 0.3) is 0 Å². The van der Waals surface area contributed by atoms with Gasteiger partial charge in [0.15, 0.2) is 0 Å². The summed E-state index contributed by atoms with van der Waals surface area (Å²) >= 11 is 0. The Kier molecular flexibility index (Phi) is 6.39. The summed E-state index contributed by atoms with van der Waals surface area (Å²) in [6.07, 6.45) is -1.48. The molecule has 2 rings (SSSR count). The zero-order valence-electron chi connectivity index (χ0n) is 13.7. The van der Waals surface area contributed by atoms with Crippen LogP contribution in [0.2, 0.25) is 0 Å². The molecule has 8 nitrogen and oxygen atoms in total. The average molecular weight is 337 g/mol. The van der Waals surface area contributed by atoms with E-state index in [1.165, 1.54) is 0 Å². The monoisotopic (exact) mass is 337 g/mol. The normalized spacial score (nSPS) is 22.7. The van der Waals surface area contributed by atoms with Crippen LogP contribution in [0.15, 0.2) is 24.3 Å². The number of β-amino-alcohol motifs (C(OH)–C–C–N with tert-alkyl or cyclic N) is 1. The molecule has 0 unspecified atom stereocenters. The smallest absolute Gasteiger partial charge is 0.426 e. The lowest BCUT2D eigenvalue weighted by molar-refractivity contribution is -0.121. The van der Waals surface area contributed by atoms with Crippen LogP contribution in [0.4, 0.5) is 4.79 Å². The van der Waals surface area contributed by atoms with Crippen molar-refractivity contribution in [2.24, 2.45) is 0 Å². The number of carbonyl (C=O) groups excluding carboxylic acids is 2. The number of aliphatic hydroxyl groups is 1. The Morgan fingerprint density at radius 2 is 2.00 bits per heavy atom. The number of rotatable bonds is 5. The molecule has 1 aliphatic heterocycles. The summed E-state index contributed by atoms with van der Waals surface area (Å²) in [5.74, 6) is 0.434. The summed E-state index contributed by atoms with van der Waals surface area (Å²) in [7, 11) is 1.60. The number of aliphatic hydroxyl groups excluding tert-OH is 1. The van der Waals surface area contributed by atoms with Crippen molar-refractivity contribution in [2.75, 3.05) is 13.7 Å². The second kappa shape index (κ2) is 8.51. The van der Waals surface area contributed by atoms with Crippen LogP contribution in [0.3, 0.4) is 0 Å². The van der Waals surface area contributed by atoms with Crippen LogP contribution >= 0.6 is 0 Å². The molecule has 1 aromatic rings. The van der Waals surface area contributed by atoms with Crippen molar-refractivity contribution in [1.29, 1.82) is 0 Å². The molecule has 0 aliphatic carbocycles. The van der Waals surface area contributed by atoms with Gasteiger partial charge in [0.2, 0.25) is 5.91 Å². The third kappa shape index (κ3) is 4.84. The maximum absolute atomic E-state index is 11.7. The van der Waals surface area contributed by atoms with E-state index in [1.807, 2.05) is 24.3 Å². The number of ether oxygens (including phenoxy) is 2. The highest BCUT2D eigenvalue weighted by atomic mass is 16.6. The minimum Gasteiger partial charge on any atom is -0.497 e. The van der Waals surface area contributed by atoms with Gasteiger partial charge < -0.3 is 19.9 Å². The van der Waals surface area contributed by atoms with Gasteiger partial charge in [-0.15, -0.1) is 0 Å². The predicted octanol–water partition coefficient (Wildman–Crippen LogP) is 0.106. The highest BCUT2D eigenvalue weighted by molar-refractivity contribution is 5.78. The standard InChI is InChI=1S/C16H23N3O5/c1-3-14(21)18-19-16(22)24-15-12(17-9-13(15)20)8-10-4-6-11(23-2)7-5-10/h4-7,12-13,15,17,20H,3,8-9H2,1-2H3,(H,18,21)(H,19,22)/t12-,13+,15+/m1/s1. The van der Waals surface area contributed by atoms with Crippen LogP contribution in [0, 0.1) is 0 Å². The Hall–Kier alpha value is -2.32. The van der Waals surface area contributed by atoms with Gasteiger partial charge >= 0.3 is 6.09 Å². The van der Waals surface area contributed by atoms with Gasteiger partial charge in [-0.2, -0.15) is 0 Å². The van der Waals surface area contributed by atoms with Crippen molar-refractivity contribution in [3.05, 3.63) is 29.8 Å². The van der Waals surface area contributed by atoms with Crippen LogP contribution in [0.5, 0.6) is 5.75 Å². The number of benzene rings is 1. The summed E-state index contributed by atoms with van der Waals surface area (Å²) in [6, 6.07) is 7.32. The number of amides is 2. The fourth-order valence-electron chi connectivity index (χ4n) is 2.50. The van der Waals surface area contributed by atoms with E-state index in [-0.39, 0.29) is 18.4 Å². The molecule has 4 N–H and O–H groups in total. The minimum absolute atomic E-state index is 0.221. The molecule has 1 fully saturated rings. The zero-order chi connectivity index (χ0) is 17.5. The zero-order valence-corrected chi connectivity index (χ0v) is 13.7. The first kappa shape index (κ1) is 18.0. The lowest BCUT2D eigenvalue weighted by Crippen LogP contribution is -2.46. The predicted molar refractivity (Wildman–Crippen MR) is 86.3 cm³/mol. The fourth-order valence-corrected chi connectivity index (χ4v) is 2.50. The molecule has 0 bridgehead atoms. The molecule has 0 aromatic heterocycles. The summed E-state index contributed by atoms with van der Waals surface area (Å²) in [6.45, 7) is 2.00. The van der Waals surface area contributed by atoms with E-state index in [4.69, 9.17) is 9.47 Å². The van der Waals surface area contributed by atoms with E-state index in [0.717, 1.165) is 11.3 Å². The highest BCUT2D eigenvalue weighted by Crippen LogP contribution is 2.19. The second-order valence-electron chi connectivity index (χ2n) is 5.53. The van der Waals surface area contributed by atoms with Gasteiger partial charge in [-0.25, -0.2) is 10.2 Å². The molecule has 132 valence electrons. The Bertz CT molecular complexity index is 563. The van der Waals surface area contributed by atoms with Gasteiger partial charge in [0, 0.05) is 13.0 Å². The summed E-state index contributed by atoms with van der Waals surface area (Å²) in [5.41, 5.74) is 5.41. The Morgan fingerprint density at radius 3 is 2.62 bits per heavy atom. The maximum atomic E-state index is 11.7. The summed E-state index contributed by atoms with van der Waals surface area (Å²) in [4.78, 5) is 22.9. The van der Waals surface area contributed by atoms with Crippen LogP contribution < -0.4 is 20.9 Å². The molecular weight excluding hydrogens is 314 g/mol. The fraction of sp³-hybridized carbons (Fsp3) is 0.500. The Balaban J connectivity index is 1.91. The van der Waals surface area contributed by atoms with Crippen LogP contribution in [-0.4, -0.2) is 49.0 Å². The maximum Gasteiger partial charge on any atom is 0.426 e. The second-order valence-corrected chi connectivity index (χ2v) is 5.53. The van der Waals surface area contributed by atoms with E-state index in [1.54, 1.807) is 14.0 Å². The molecule has 0 saturated carbocycles. The molecule has 3 atom stereocenters. The topological polar surface area (TPSA) is 109 Å². The largest absolute Gasteiger partial charge is 0.497 e. The number of hydrogen-bond donors (Lipinski definition) is 4. The quantitative estimate of drug-likeness (QED) is 0.568. The van der Waals surface area contributed by atoms with Crippen molar-refractivity contribution in [3.63, 3.8) is 0 Å². The lowest BCUT2D eigenvalue weighted by atomic mass is 10.0. The van der Waals surface area contributed by atoms with Crippen LogP contribution in [-0.2, 0) is 16.0 Å². The van der Waals surface area contributed by atoms with Gasteiger partial charge in [0.05, 0.1) is 13.2 Å². The first-order valence-corrected chi connectivity index (χ1v) is 7.83. The SMILES string of the molecule is CCC(=O)NNC(=O)O[C@@H]1[C@@H](O)CN[C@@H]1Cc1ccc(OC)cc1. The van der Waals surface area contributed by atoms with Crippen molar-refractivity contribution < 1.29 is 24.2 Å². The van der Waals surface area contributed by atoms with Crippen LogP contribution in [0.1, 0.15) is 18.9 Å². The third-order valence-electron chi connectivity index (χ3n) is 3.85. The van der Waals surface area contributed by atoms with Gasteiger partial charge in [0.25, 0.3) is 0 Å². The average Bonchev–Trinajstić information content (AvgIpc) is 2.93. The third-order valence-corrected chi connectivity index (χ3v) is 3.85. The summed E-state index contributed by atoms with van der Waals surface area (Å²) < 4.78 is 10.4. The number of hydrazine groups is 1. The molecule has 8 heteroatoms. The first-order chi connectivity index (χ1) is 11.5. The number of carbonyl (C=O) groups is 2. The van der Waals surface area contributed by atoms with Gasteiger partial charge in [-0.3, -0.25) is 10.2 Å². The highest BCUT2D eigenvalue weighted by Gasteiger charge is 2.37. The van der Waals surface area contributed by atoms with Gasteiger partial charge in [-0.05, 0) is 24.1 Å². The lowest BCUT2D eigenvalue weighted by Gasteiger charge is -2.22. The van der Waals surface area contributed by atoms with E-state index in [0.29, 0.717) is 13.0 Å². The molecule has 1 aromatic carbocycles. The van der Waals surface area contributed by atoms with Crippen molar-refractivity contribution in [2.45, 2.75) is 38.0 Å². The number of hydrogen-bond acceptors (Lipinski definition) is 6.